The summed E-state index contributed by atoms with van der Waals surface area (Å²) in [7, 11) is -3.37. The van der Waals surface area contributed by atoms with E-state index in [0.717, 1.165) is 31.4 Å². The number of nitrogens with zero attached hydrogens (tertiary/aromatic N) is 1. The van der Waals surface area contributed by atoms with E-state index in [0.29, 0.717) is 10.9 Å². The van der Waals surface area contributed by atoms with Crippen LogP contribution in [0.3, 0.4) is 0 Å². The van der Waals surface area contributed by atoms with Crippen molar-refractivity contribution in [1.82, 2.24) is 4.90 Å². The third kappa shape index (κ3) is 3.84. The first-order valence-electron chi connectivity index (χ1n) is 7.53. The van der Waals surface area contributed by atoms with Crippen molar-refractivity contribution in [1.29, 1.82) is 0 Å². The topological polar surface area (TPSA) is 54.5 Å². The van der Waals surface area contributed by atoms with Gasteiger partial charge in [0.05, 0.1) is 10.6 Å². The van der Waals surface area contributed by atoms with E-state index in [-0.39, 0.29) is 18.1 Å². The van der Waals surface area contributed by atoms with E-state index < -0.39 is 9.84 Å². The van der Waals surface area contributed by atoms with E-state index in [2.05, 4.69) is 6.92 Å². The average Bonchev–Trinajstić information content (AvgIpc) is 2.94. The van der Waals surface area contributed by atoms with Gasteiger partial charge in [0.25, 0.3) is 0 Å². The number of likely N-dealkylation sites (tertiary alicyclic amines) is 1. The minimum atomic E-state index is -3.37. The van der Waals surface area contributed by atoms with Gasteiger partial charge < -0.3 is 4.90 Å². The van der Waals surface area contributed by atoms with Gasteiger partial charge in [0.1, 0.15) is 0 Å². The van der Waals surface area contributed by atoms with Crippen LogP contribution in [0.1, 0.15) is 38.2 Å². The van der Waals surface area contributed by atoms with Crippen LogP contribution in [0.15, 0.2) is 29.2 Å². The molecule has 0 radical (unpaired) electrons. The van der Waals surface area contributed by atoms with Crippen molar-refractivity contribution < 1.29 is 13.2 Å². The van der Waals surface area contributed by atoms with Crippen molar-refractivity contribution in [3.05, 3.63) is 29.8 Å². The number of sulfone groups is 1. The summed E-state index contributed by atoms with van der Waals surface area (Å²) in [6, 6.07) is 7.07. The standard InChI is InChI=1S/C16H23NO3S/c1-3-14-5-4-11-17(14)16(18)10-12-21(19,20)15-8-6-13(2)7-9-15/h6-9,14H,3-5,10-12H2,1-2H3. The molecule has 1 amide bonds. The molecule has 0 aliphatic carbocycles. The van der Waals surface area contributed by atoms with E-state index in [1.54, 1.807) is 24.3 Å². The highest BCUT2D eigenvalue weighted by atomic mass is 32.2. The highest BCUT2D eigenvalue weighted by Gasteiger charge is 2.28. The smallest absolute Gasteiger partial charge is 0.223 e. The lowest BCUT2D eigenvalue weighted by Gasteiger charge is -2.23. The zero-order chi connectivity index (χ0) is 15.5. The molecule has 0 N–H and O–H groups in total. The van der Waals surface area contributed by atoms with Gasteiger partial charge in [-0.1, -0.05) is 24.6 Å². The molecule has 0 aromatic heterocycles. The summed E-state index contributed by atoms with van der Waals surface area (Å²) in [6.45, 7) is 4.75. The molecule has 21 heavy (non-hydrogen) atoms. The molecule has 0 saturated carbocycles. The van der Waals surface area contributed by atoms with Gasteiger partial charge in [0, 0.05) is 19.0 Å². The molecule has 1 aromatic rings. The summed E-state index contributed by atoms with van der Waals surface area (Å²) in [4.78, 5) is 14.4. The second-order valence-electron chi connectivity index (χ2n) is 5.67. The van der Waals surface area contributed by atoms with Gasteiger partial charge in [-0.05, 0) is 38.3 Å². The lowest BCUT2D eigenvalue weighted by atomic mass is 10.1. The van der Waals surface area contributed by atoms with Crippen LogP contribution in [-0.4, -0.2) is 37.6 Å². The number of carbonyl (C=O) groups is 1. The zero-order valence-corrected chi connectivity index (χ0v) is 13.5. The number of aryl methyl sites for hydroxylation is 1. The molecule has 5 heteroatoms. The van der Waals surface area contributed by atoms with Gasteiger partial charge >= 0.3 is 0 Å². The fourth-order valence-corrected chi connectivity index (χ4v) is 4.05. The van der Waals surface area contributed by atoms with Crippen molar-refractivity contribution in [2.75, 3.05) is 12.3 Å². The molecule has 1 aromatic carbocycles. The molecule has 1 heterocycles. The zero-order valence-electron chi connectivity index (χ0n) is 12.7. The fourth-order valence-electron chi connectivity index (χ4n) is 2.82. The van der Waals surface area contributed by atoms with Crippen LogP contribution >= 0.6 is 0 Å². The molecular weight excluding hydrogens is 286 g/mol. The van der Waals surface area contributed by atoms with Crippen LogP contribution in [0.2, 0.25) is 0 Å². The number of hydrogen-bond donors (Lipinski definition) is 0. The third-order valence-corrected chi connectivity index (χ3v) is 5.87. The van der Waals surface area contributed by atoms with Crippen LogP contribution in [0.4, 0.5) is 0 Å². The summed E-state index contributed by atoms with van der Waals surface area (Å²) in [6.07, 6.45) is 3.07. The first-order chi connectivity index (χ1) is 9.94. The first kappa shape index (κ1) is 16.0. The summed E-state index contributed by atoms with van der Waals surface area (Å²) < 4.78 is 24.5. The highest BCUT2D eigenvalue weighted by Crippen LogP contribution is 2.21. The van der Waals surface area contributed by atoms with Gasteiger partial charge in [0.2, 0.25) is 5.91 Å². The van der Waals surface area contributed by atoms with Crippen molar-refractivity contribution in [2.24, 2.45) is 0 Å². The maximum Gasteiger partial charge on any atom is 0.223 e. The summed E-state index contributed by atoms with van der Waals surface area (Å²) in [5, 5.41) is 0. The number of amides is 1. The van der Waals surface area contributed by atoms with E-state index in [1.807, 2.05) is 11.8 Å². The van der Waals surface area contributed by atoms with Crippen molar-refractivity contribution in [2.45, 2.75) is 50.5 Å². The third-order valence-electron chi connectivity index (χ3n) is 4.13. The predicted octanol–water partition coefficient (Wildman–Crippen LogP) is 2.56. The molecular formula is C16H23NO3S. The molecule has 0 spiro atoms. The molecule has 1 aliphatic heterocycles. The van der Waals surface area contributed by atoms with Gasteiger partial charge in [-0.2, -0.15) is 0 Å². The number of hydrogen-bond acceptors (Lipinski definition) is 3. The quantitative estimate of drug-likeness (QED) is 0.840. The largest absolute Gasteiger partial charge is 0.340 e. The fraction of sp³-hybridized carbons (Fsp3) is 0.562. The van der Waals surface area contributed by atoms with Crippen molar-refractivity contribution >= 4 is 15.7 Å². The monoisotopic (exact) mass is 309 g/mol. The normalized spacial score (nSPS) is 19.0. The number of carbonyl (C=O) groups excluding carboxylic acids is 1. The molecule has 4 nitrogen and oxygen atoms in total. The second-order valence-corrected chi connectivity index (χ2v) is 7.78. The van der Waals surface area contributed by atoms with Crippen LogP contribution in [0, 0.1) is 6.92 Å². The minimum Gasteiger partial charge on any atom is -0.340 e. The maximum absolute atomic E-state index is 12.2. The Balaban J connectivity index is 1.98. The van der Waals surface area contributed by atoms with Crippen molar-refractivity contribution in [3.8, 4) is 0 Å². The molecule has 0 bridgehead atoms. The molecule has 1 atom stereocenters. The molecule has 1 fully saturated rings. The molecule has 1 saturated heterocycles. The average molecular weight is 309 g/mol. The second kappa shape index (κ2) is 6.60. The Bertz CT molecular complexity index is 592. The first-order valence-corrected chi connectivity index (χ1v) is 9.18. The van der Waals surface area contributed by atoms with E-state index in [9.17, 15) is 13.2 Å². The van der Waals surface area contributed by atoms with Gasteiger partial charge in [-0.15, -0.1) is 0 Å². The molecule has 1 unspecified atom stereocenters. The highest BCUT2D eigenvalue weighted by molar-refractivity contribution is 7.91. The molecule has 1 aliphatic rings. The van der Waals surface area contributed by atoms with Gasteiger partial charge in [-0.3, -0.25) is 4.79 Å². The Morgan fingerprint density at radius 2 is 1.95 bits per heavy atom. The number of rotatable bonds is 5. The van der Waals surface area contributed by atoms with Gasteiger partial charge in [-0.25, -0.2) is 8.42 Å². The maximum atomic E-state index is 12.2. The van der Waals surface area contributed by atoms with E-state index in [4.69, 9.17) is 0 Å². The Hall–Kier alpha value is -1.36. The van der Waals surface area contributed by atoms with Crippen LogP contribution in [0.25, 0.3) is 0 Å². The summed E-state index contributed by atoms with van der Waals surface area (Å²) in [5.41, 5.74) is 1.02. The van der Waals surface area contributed by atoms with E-state index in [1.165, 1.54) is 0 Å². The Kier molecular flexibility index (Phi) is 5.04. The lowest BCUT2D eigenvalue weighted by Crippen LogP contribution is -2.36. The van der Waals surface area contributed by atoms with Gasteiger partial charge in [0.15, 0.2) is 9.84 Å². The minimum absolute atomic E-state index is 0.0324. The SMILES string of the molecule is CCC1CCCN1C(=O)CCS(=O)(=O)c1ccc(C)cc1. The van der Waals surface area contributed by atoms with Crippen LogP contribution in [-0.2, 0) is 14.6 Å². The predicted molar refractivity (Wildman–Crippen MR) is 82.9 cm³/mol. The lowest BCUT2D eigenvalue weighted by molar-refractivity contribution is -0.131. The Morgan fingerprint density at radius 3 is 2.57 bits per heavy atom. The molecule has 116 valence electrons. The van der Waals surface area contributed by atoms with Crippen molar-refractivity contribution in [3.63, 3.8) is 0 Å². The Labute approximate surface area is 127 Å². The van der Waals surface area contributed by atoms with Crippen LogP contribution in [0.5, 0.6) is 0 Å². The summed E-state index contributed by atoms with van der Waals surface area (Å²) >= 11 is 0. The molecule has 2 rings (SSSR count). The number of benzene rings is 1. The Morgan fingerprint density at radius 1 is 1.29 bits per heavy atom. The van der Waals surface area contributed by atoms with Crippen LogP contribution < -0.4 is 0 Å². The van der Waals surface area contributed by atoms with E-state index >= 15 is 0 Å². The summed E-state index contributed by atoms with van der Waals surface area (Å²) in [5.74, 6) is -0.142.